The molecule has 2 heterocycles. The fourth-order valence-electron chi connectivity index (χ4n) is 2.84. The Labute approximate surface area is 113 Å². The van der Waals surface area contributed by atoms with E-state index in [0.29, 0.717) is 12.6 Å². The van der Waals surface area contributed by atoms with Crippen molar-refractivity contribution in [2.75, 3.05) is 11.4 Å². The monoisotopic (exact) mass is 256 g/mol. The molecule has 3 rings (SSSR count). The van der Waals surface area contributed by atoms with Crippen molar-refractivity contribution in [1.82, 2.24) is 9.55 Å². The van der Waals surface area contributed by atoms with Crippen molar-refractivity contribution in [2.24, 2.45) is 5.73 Å². The fourth-order valence-corrected chi connectivity index (χ4v) is 2.84. The van der Waals surface area contributed by atoms with Gasteiger partial charge in [0, 0.05) is 38.1 Å². The molecule has 0 radical (unpaired) electrons. The lowest BCUT2D eigenvalue weighted by molar-refractivity contribution is 0.536. The Hall–Kier alpha value is -1.81. The number of anilines is 1. The zero-order chi connectivity index (χ0) is 13.2. The zero-order valence-corrected chi connectivity index (χ0v) is 11.3. The lowest BCUT2D eigenvalue weighted by atomic mass is 9.94. The minimum Gasteiger partial charge on any atom is -0.333 e. The molecule has 0 bridgehead atoms. The van der Waals surface area contributed by atoms with Gasteiger partial charge in [-0.2, -0.15) is 0 Å². The van der Waals surface area contributed by atoms with Crippen molar-refractivity contribution < 1.29 is 0 Å². The van der Waals surface area contributed by atoms with Gasteiger partial charge in [-0.25, -0.2) is 4.98 Å². The topological polar surface area (TPSA) is 47.1 Å². The number of nitrogens with zero attached hydrogens (tertiary/aromatic N) is 3. The first-order valence-corrected chi connectivity index (χ1v) is 6.88. The van der Waals surface area contributed by atoms with E-state index in [-0.39, 0.29) is 0 Å². The van der Waals surface area contributed by atoms with Crippen LogP contribution in [0.4, 0.5) is 5.95 Å². The maximum Gasteiger partial charge on any atom is 0.206 e. The van der Waals surface area contributed by atoms with Crippen molar-refractivity contribution in [1.29, 1.82) is 0 Å². The summed E-state index contributed by atoms with van der Waals surface area (Å²) in [5.41, 5.74) is 8.78. The fraction of sp³-hybridized carbons (Fsp3) is 0.400. The Morgan fingerprint density at radius 3 is 2.84 bits per heavy atom. The van der Waals surface area contributed by atoms with Gasteiger partial charge >= 0.3 is 0 Å². The number of rotatable bonds is 3. The van der Waals surface area contributed by atoms with Gasteiger partial charge in [-0.3, -0.25) is 0 Å². The van der Waals surface area contributed by atoms with Gasteiger partial charge in [0.2, 0.25) is 5.95 Å². The maximum absolute atomic E-state index is 5.97. The average Bonchev–Trinajstić information content (AvgIpc) is 2.94. The van der Waals surface area contributed by atoms with Gasteiger partial charge in [0.05, 0.1) is 0 Å². The summed E-state index contributed by atoms with van der Waals surface area (Å²) in [6.45, 7) is 4.63. The van der Waals surface area contributed by atoms with Crippen LogP contribution in [0.3, 0.4) is 0 Å². The molecule has 1 atom stereocenters. The number of fused-ring (bicyclic) bond motifs is 1. The number of aromatic nitrogens is 2. The molecule has 1 aliphatic heterocycles. The van der Waals surface area contributed by atoms with E-state index in [9.17, 15) is 0 Å². The predicted octanol–water partition coefficient (Wildman–Crippen LogP) is 1.79. The minimum absolute atomic E-state index is 0.336. The second-order valence-electron chi connectivity index (χ2n) is 5.00. The number of imidazole rings is 1. The molecule has 0 fully saturated rings. The van der Waals surface area contributed by atoms with Crippen LogP contribution < -0.4 is 10.6 Å². The smallest absolute Gasteiger partial charge is 0.206 e. The molecule has 100 valence electrons. The molecule has 2 N–H and O–H groups in total. The third-order valence-corrected chi connectivity index (χ3v) is 3.92. The average molecular weight is 256 g/mol. The molecule has 2 aromatic rings. The van der Waals surface area contributed by atoms with Crippen molar-refractivity contribution in [3.05, 3.63) is 47.8 Å². The van der Waals surface area contributed by atoms with Gasteiger partial charge in [0.1, 0.15) is 0 Å². The van der Waals surface area contributed by atoms with Gasteiger partial charge < -0.3 is 15.2 Å². The zero-order valence-electron chi connectivity index (χ0n) is 11.3. The number of nitrogens with two attached hydrogens (primary N) is 1. The first kappa shape index (κ1) is 12.2. The molecule has 0 aliphatic carbocycles. The summed E-state index contributed by atoms with van der Waals surface area (Å²) in [5, 5.41) is 0. The van der Waals surface area contributed by atoms with E-state index >= 15 is 0 Å². The van der Waals surface area contributed by atoms with Gasteiger partial charge in [0.25, 0.3) is 0 Å². The van der Waals surface area contributed by atoms with Crippen LogP contribution in [0.25, 0.3) is 0 Å². The molecule has 4 heteroatoms. The Kier molecular flexibility index (Phi) is 3.25. The van der Waals surface area contributed by atoms with E-state index in [0.717, 1.165) is 25.5 Å². The van der Waals surface area contributed by atoms with Gasteiger partial charge in [0.15, 0.2) is 0 Å². The molecule has 1 unspecified atom stereocenters. The Morgan fingerprint density at radius 2 is 2.11 bits per heavy atom. The standard InChI is InChI=1S/C15H20N4/c1-2-18-8-7-17-15(18)19-11-13-6-4-3-5-12(13)9-14(19)10-16/h3-8,14H,2,9-11,16H2,1H3. The molecule has 4 nitrogen and oxygen atoms in total. The van der Waals surface area contributed by atoms with Crippen molar-refractivity contribution in [3.8, 4) is 0 Å². The Bertz CT molecular complexity index is 561. The third-order valence-electron chi connectivity index (χ3n) is 3.92. The molecule has 0 spiro atoms. The summed E-state index contributed by atoms with van der Waals surface area (Å²) in [5.74, 6) is 1.03. The van der Waals surface area contributed by atoms with Crippen LogP contribution in [0.15, 0.2) is 36.7 Å². The summed E-state index contributed by atoms with van der Waals surface area (Å²) in [4.78, 5) is 6.85. The molecule has 1 aromatic heterocycles. The normalized spacial score (nSPS) is 18.4. The molecule has 1 aliphatic rings. The molecular weight excluding hydrogens is 236 g/mol. The van der Waals surface area contributed by atoms with Gasteiger partial charge in [-0.1, -0.05) is 24.3 Å². The minimum atomic E-state index is 0.336. The molecular formula is C15H20N4. The van der Waals surface area contributed by atoms with Crippen LogP contribution in [-0.2, 0) is 19.5 Å². The lowest BCUT2D eigenvalue weighted by Gasteiger charge is -2.37. The van der Waals surface area contributed by atoms with Crippen LogP contribution in [0.5, 0.6) is 0 Å². The first-order chi connectivity index (χ1) is 9.33. The summed E-state index contributed by atoms with van der Waals surface area (Å²) < 4.78 is 2.18. The van der Waals surface area contributed by atoms with Crippen LogP contribution >= 0.6 is 0 Å². The number of hydrogen-bond donors (Lipinski definition) is 1. The predicted molar refractivity (Wildman–Crippen MR) is 77.1 cm³/mol. The van der Waals surface area contributed by atoms with E-state index < -0.39 is 0 Å². The second-order valence-corrected chi connectivity index (χ2v) is 5.00. The molecule has 19 heavy (non-hydrogen) atoms. The highest BCUT2D eigenvalue weighted by Crippen LogP contribution is 2.27. The quantitative estimate of drug-likeness (QED) is 0.911. The van der Waals surface area contributed by atoms with Crippen LogP contribution in [0, 0.1) is 0 Å². The van der Waals surface area contributed by atoms with Crippen molar-refractivity contribution in [3.63, 3.8) is 0 Å². The van der Waals surface area contributed by atoms with E-state index in [1.54, 1.807) is 0 Å². The van der Waals surface area contributed by atoms with Crippen molar-refractivity contribution >= 4 is 5.95 Å². The SMILES string of the molecule is CCn1ccnc1N1Cc2ccccc2CC1CN. The van der Waals surface area contributed by atoms with Crippen LogP contribution in [0.1, 0.15) is 18.1 Å². The van der Waals surface area contributed by atoms with E-state index in [4.69, 9.17) is 5.73 Å². The highest BCUT2D eigenvalue weighted by atomic mass is 15.3. The number of benzene rings is 1. The summed E-state index contributed by atoms with van der Waals surface area (Å²) in [6, 6.07) is 8.96. The summed E-state index contributed by atoms with van der Waals surface area (Å²) in [7, 11) is 0. The van der Waals surface area contributed by atoms with E-state index in [2.05, 4.69) is 45.6 Å². The molecule has 0 saturated carbocycles. The summed E-state index contributed by atoms with van der Waals surface area (Å²) >= 11 is 0. The highest BCUT2D eigenvalue weighted by Gasteiger charge is 2.27. The maximum atomic E-state index is 5.97. The second kappa shape index (κ2) is 5.05. The van der Waals surface area contributed by atoms with E-state index in [1.807, 2.05) is 12.4 Å². The number of aryl methyl sites for hydroxylation is 1. The third kappa shape index (κ3) is 2.12. The molecule has 0 saturated heterocycles. The largest absolute Gasteiger partial charge is 0.333 e. The lowest BCUT2D eigenvalue weighted by Crippen LogP contribution is -2.46. The van der Waals surface area contributed by atoms with E-state index in [1.165, 1.54) is 11.1 Å². The van der Waals surface area contributed by atoms with Gasteiger partial charge in [-0.05, 0) is 24.5 Å². The Balaban J connectivity index is 1.97. The highest BCUT2D eigenvalue weighted by molar-refractivity contribution is 5.42. The van der Waals surface area contributed by atoms with Crippen LogP contribution in [0.2, 0.25) is 0 Å². The van der Waals surface area contributed by atoms with Crippen molar-refractivity contribution in [2.45, 2.75) is 32.5 Å². The molecule has 0 amide bonds. The first-order valence-electron chi connectivity index (χ1n) is 6.88. The van der Waals surface area contributed by atoms with Crippen LogP contribution in [-0.4, -0.2) is 22.1 Å². The number of hydrogen-bond acceptors (Lipinski definition) is 3. The Morgan fingerprint density at radius 1 is 1.32 bits per heavy atom. The summed E-state index contributed by atoms with van der Waals surface area (Å²) in [6.07, 6.45) is 4.90. The molecule has 1 aromatic carbocycles. The van der Waals surface area contributed by atoms with Gasteiger partial charge in [-0.15, -0.1) is 0 Å².